The molecule has 0 aliphatic carbocycles. The molecule has 1 aliphatic rings. The van der Waals surface area contributed by atoms with E-state index < -0.39 is 0 Å². The fraction of sp³-hybridized carbons (Fsp3) is 0.455. The lowest BCUT2D eigenvalue weighted by Crippen LogP contribution is -2.25. The van der Waals surface area contributed by atoms with Gasteiger partial charge in [0, 0.05) is 29.5 Å². The predicted octanol–water partition coefficient (Wildman–Crippen LogP) is 2.48. The zero-order valence-corrected chi connectivity index (χ0v) is 11.0. The SMILES string of the molecule is O=C1CC(CBr)CN1Cc1cc(Cl)ccn1. The number of nitrogens with zero attached hydrogens (tertiary/aromatic N) is 2. The summed E-state index contributed by atoms with van der Waals surface area (Å²) in [5.74, 6) is 0.623. The van der Waals surface area contributed by atoms with E-state index in [4.69, 9.17) is 11.6 Å². The van der Waals surface area contributed by atoms with Crippen molar-refractivity contribution < 1.29 is 4.79 Å². The molecular formula is C11H12BrClN2O. The first-order valence-electron chi connectivity index (χ1n) is 5.13. The Labute approximate surface area is 108 Å². The summed E-state index contributed by atoms with van der Waals surface area (Å²) in [5.41, 5.74) is 0.844. The average Bonchev–Trinajstić information content (AvgIpc) is 2.60. The minimum Gasteiger partial charge on any atom is -0.336 e. The summed E-state index contributed by atoms with van der Waals surface area (Å²) in [6.07, 6.45) is 2.30. The zero-order valence-electron chi connectivity index (χ0n) is 8.70. The van der Waals surface area contributed by atoms with Gasteiger partial charge in [-0.3, -0.25) is 9.78 Å². The standard InChI is InChI=1S/C11H12BrClN2O/c12-5-8-3-11(16)15(6-8)7-10-4-9(13)1-2-14-10/h1-2,4,8H,3,5-7H2. The van der Waals surface area contributed by atoms with Crippen LogP contribution in [0.3, 0.4) is 0 Å². The molecular weight excluding hydrogens is 291 g/mol. The lowest BCUT2D eigenvalue weighted by atomic mass is 10.2. The molecule has 1 aromatic heterocycles. The second-order valence-corrected chi connectivity index (χ2v) is 5.05. The highest BCUT2D eigenvalue weighted by atomic mass is 79.9. The van der Waals surface area contributed by atoms with Gasteiger partial charge >= 0.3 is 0 Å². The molecule has 0 N–H and O–H groups in total. The van der Waals surface area contributed by atoms with Crippen LogP contribution in [0.1, 0.15) is 12.1 Å². The van der Waals surface area contributed by atoms with E-state index in [1.165, 1.54) is 0 Å². The summed E-state index contributed by atoms with van der Waals surface area (Å²) in [6, 6.07) is 3.54. The van der Waals surface area contributed by atoms with Gasteiger partial charge in [0.25, 0.3) is 0 Å². The third-order valence-corrected chi connectivity index (χ3v) is 3.80. The van der Waals surface area contributed by atoms with Crippen LogP contribution >= 0.6 is 27.5 Å². The van der Waals surface area contributed by atoms with Crippen molar-refractivity contribution in [1.29, 1.82) is 0 Å². The van der Waals surface area contributed by atoms with E-state index in [1.54, 1.807) is 18.3 Å². The summed E-state index contributed by atoms with van der Waals surface area (Å²) < 4.78 is 0. The van der Waals surface area contributed by atoms with E-state index in [-0.39, 0.29) is 5.91 Å². The van der Waals surface area contributed by atoms with Crippen molar-refractivity contribution in [3.05, 3.63) is 29.0 Å². The number of hydrogen-bond acceptors (Lipinski definition) is 2. The summed E-state index contributed by atoms with van der Waals surface area (Å²) in [7, 11) is 0. The summed E-state index contributed by atoms with van der Waals surface area (Å²) in [6.45, 7) is 1.36. The van der Waals surface area contributed by atoms with Crippen molar-refractivity contribution in [3.63, 3.8) is 0 Å². The third-order valence-electron chi connectivity index (χ3n) is 2.64. The van der Waals surface area contributed by atoms with Crippen molar-refractivity contribution in [2.45, 2.75) is 13.0 Å². The largest absolute Gasteiger partial charge is 0.336 e. The molecule has 1 aromatic rings. The number of amides is 1. The molecule has 0 aromatic carbocycles. The monoisotopic (exact) mass is 302 g/mol. The molecule has 0 radical (unpaired) electrons. The van der Waals surface area contributed by atoms with Crippen molar-refractivity contribution in [3.8, 4) is 0 Å². The van der Waals surface area contributed by atoms with Gasteiger partial charge in [-0.15, -0.1) is 0 Å². The molecule has 16 heavy (non-hydrogen) atoms. The van der Waals surface area contributed by atoms with Crippen molar-refractivity contribution in [2.75, 3.05) is 11.9 Å². The molecule has 1 amide bonds. The maximum Gasteiger partial charge on any atom is 0.223 e. The highest BCUT2D eigenvalue weighted by molar-refractivity contribution is 9.09. The Morgan fingerprint density at radius 3 is 3.06 bits per heavy atom. The number of carbonyl (C=O) groups excluding carboxylic acids is 1. The van der Waals surface area contributed by atoms with Gasteiger partial charge < -0.3 is 4.90 Å². The predicted molar refractivity (Wildman–Crippen MR) is 66.6 cm³/mol. The average molecular weight is 304 g/mol. The van der Waals surface area contributed by atoms with Gasteiger partial charge in [0.1, 0.15) is 0 Å². The lowest BCUT2D eigenvalue weighted by molar-refractivity contribution is -0.128. The van der Waals surface area contributed by atoms with Crippen LogP contribution in [0.5, 0.6) is 0 Å². The number of rotatable bonds is 3. The number of pyridine rings is 1. The van der Waals surface area contributed by atoms with Crippen molar-refractivity contribution >= 4 is 33.4 Å². The van der Waals surface area contributed by atoms with E-state index in [1.807, 2.05) is 4.90 Å². The minimum absolute atomic E-state index is 0.200. The highest BCUT2D eigenvalue weighted by Crippen LogP contribution is 2.21. The Morgan fingerprint density at radius 2 is 2.44 bits per heavy atom. The topological polar surface area (TPSA) is 33.2 Å². The van der Waals surface area contributed by atoms with Gasteiger partial charge in [-0.05, 0) is 18.1 Å². The van der Waals surface area contributed by atoms with Crippen LogP contribution in [0, 0.1) is 5.92 Å². The van der Waals surface area contributed by atoms with Gasteiger partial charge in [-0.25, -0.2) is 0 Å². The quantitative estimate of drug-likeness (QED) is 0.804. The van der Waals surface area contributed by atoms with Gasteiger partial charge in [-0.2, -0.15) is 0 Å². The number of alkyl halides is 1. The van der Waals surface area contributed by atoms with Gasteiger partial charge in [-0.1, -0.05) is 27.5 Å². The number of carbonyl (C=O) groups is 1. The Kier molecular flexibility index (Phi) is 3.82. The number of halogens is 2. The minimum atomic E-state index is 0.200. The third kappa shape index (κ3) is 2.74. The van der Waals surface area contributed by atoms with Crippen LogP contribution in [0.15, 0.2) is 18.3 Å². The van der Waals surface area contributed by atoms with Gasteiger partial charge in [0.15, 0.2) is 0 Å². The Bertz CT molecular complexity index is 399. The fourth-order valence-corrected chi connectivity index (χ4v) is 2.46. The molecule has 0 saturated carbocycles. The van der Waals surface area contributed by atoms with Crippen LogP contribution in [-0.4, -0.2) is 27.7 Å². The van der Waals surface area contributed by atoms with E-state index >= 15 is 0 Å². The van der Waals surface area contributed by atoms with Gasteiger partial charge in [0.2, 0.25) is 5.91 Å². The molecule has 1 fully saturated rings. The number of aromatic nitrogens is 1. The zero-order chi connectivity index (χ0) is 11.5. The van der Waals surface area contributed by atoms with Crippen molar-refractivity contribution in [2.24, 2.45) is 5.92 Å². The van der Waals surface area contributed by atoms with Crippen LogP contribution in [0.25, 0.3) is 0 Å². The summed E-state index contributed by atoms with van der Waals surface area (Å²) in [5, 5.41) is 1.53. The van der Waals surface area contributed by atoms with Crippen LogP contribution in [0.2, 0.25) is 5.02 Å². The summed E-state index contributed by atoms with van der Waals surface area (Å²) in [4.78, 5) is 17.7. The molecule has 86 valence electrons. The molecule has 2 rings (SSSR count). The molecule has 1 unspecified atom stereocenters. The van der Waals surface area contributed by atoms with E-state index in [2.05, 4.69) is 20.9 Å². The summed E-state index contributed by atoms with van der Waals surface area (Å²) >= 11 is 9.28. The Morgan fingerprint density at radius 1 is 1.62 bits per heavy atom. The first kappa shape index (κ1) is 11.9. The van der Waals surface area contributed by atoms with Crippen LogP contribution in [0.4, 0.5) is 0 Å². The van der Waals surface area contributed by atoms with Crippen LogP contribution in [-0.2, 0) is 11.3 Å². The molecule has 3 nitrogen and oxygen atoms in total. The first-order valence-corrected chi connectivity index (χ1v) is 6.63. The molecule has 1 aliphatic heterocycles. The molecule has 1 saturated heterocycles. The Balaban J connectivity index is 2.03. The van der Waals surface area contributed by atoms with Gasteiger partial charge in [0.05, 0.1) is 12.2 Å². The fourth-order valence-electron chi connectivity index (χ4n) is 1.84. The normalized spacial score (nSPS) is 20.5. The second-order valence-electron chi connectivity index (χ2n) is 3.96. The number of hydrogen-bond donors (Lipinski definition) is 0. The van der Waals surface area contributed by atoms with E-state index in [0.29, 0.717) is 23.9 Å². The maximum atomic E-state index is 11.7. The van der Waals surface area contributed by atoms with E-state index in [0.717, 1.165) is 17.6 Å². The molecule has 1 atom stereocenters. The molecule has 2 heterocycles. The molecule has 5 heteroatoms. The van der Waals surface area contributed by atoms with Crippen LogP contribution < -0.4 is 0 Å². The molecule has 0 spiro atoms. The highest BCUT2D eigenvalue weighted by Gasteiger charge is 2.28. The Hall–Kier alpha value is -0.610. The maximum absolute atomic E-state index is 11.7. The van der Waals surface area contributed by atoms with Crippen molar-refractivity contribution in [1.82, 2.24) is 9.88 Å². The number of likely N-dealkylation sites (tertiary alicyclic amines) is 1. The first-order chi connectivity index (χ1) is 7.69. The molecule has 0 bridgehead atoms. The van der Waals surface area contributed by atoms with E-state index in [9.17, 15) is 4.79 Å². The lowest BCUT2D eigenvalue weighted by Gasteiger charge is -2.15. The second kappa shape index (κ2) is 5.15. The smallest absolute Gasteiger partial charge is 0.223 e.